The van der Waals surface area contributed by atoms with Gasteiger partial charge in [-0.05, 0) is 37.1 Å². The Morgan fingerprint density at radius 1 is 1.40 bits per heavy atom. The van der Waals surface area contributed by atoms with Gasteiger partial charge in [0.1, 0.15) is 4.90 Å². The molecule has 1 aliphatic rings. The fraction of sp³-hybridized carbons (Fsp3) is 0.714. The third-order valence-electron chi connectivity index (χ3n) is 3.97. The number of hydrogen-bond acceptors (Lipinski definition) is 3. The molecule has 1 fully saturated rings. The number of nitrogens with zero attached hydrogens (tertiary/aromatic N) is 1. The second kappa shape index (κ2) is 6.77. The minimum atomic E-state index is -3.42. The third-order valence-corrected chi connectivity index (χ3v) is 7.81. The van der Waals surface area contributed by atoms with Crippen molar-refractivity contribution in [2.75, 3.05) is 6.54 Å². The molecule has 1 aromatic heterocycles. The lowest BCUT2D eigenvalue weighted by Crippen LogP contribution is -2.40. The molecule has 6 heteroatoms. The van der Waals surface area contributed by atoms with E-state index in [0.29, 0.717) is 11.4 Å². The number of thiophene rings is 1. The summed E-state index contributed by atoms with van der Waals surface area (Å²) >= 11 is 7.36. The first-order valence-electron chi connectivity index (χ1n) is 7.17. The lowest BCUT2D eigenvalue weighted by molar-refractivity contribution is 0.315. The molecule has 1 atom stereocenters. The maximum Gasteiger partial charge on any atom is 0.244 e. The van der Waals surface area contributed by atoms with Crippen molar-refractivity contribution in [3.63, 3.8) is 0 Å². The van der Waals surface area contributed by atoms with Gasteiger partial charge in [-0.15, -0.1) is 22.9 Å². The summed E-state index contributed by atoms with van der Waals surface area (Å²) in [6.07, 6.45) is 5.03. The van der Waals surface area contributed by atoms with E-state index in [4.69, 9.17) is 11.6 Å². The molecule has 2 rings (SSSR count). The van der Waals surface area contributed by atoms with Gasteiger partial charge >= 0.3 is 0 Å². The van der Waals surface area contributed by atoms with E-state index < -0.39 is 10.0 Å². The van der Waals surface area contributed by atoms with Crippen LogP contribution in [0, 0.1) is 6.92 Å². The summed E-state index contributed by atoms with van der Waals surface area (Å²) in [5, 5.41) is 1.89. The van der Waals surface area contributed by atoms with Gasteiger partial charge in [0.25, 0.3) is 0 Å². The fourth-order valence-electron chi connectivity index (χ4n) is 2.92. The van der Waals surface area contributed by atoms with Crippen LogP contribution >= 0.6 is 22.9 Å². The molecule has 0 amide bonds. The zero-order valence-corrected chi connectivity index (χ0v) is 14.5. The Morgan fingerprint density at radius 3 is 2.80 bits per heavy atom. The Balaban J connectivity index is 2.44. The first-order chi connectivity index (χ1) is 9.52. The molecule has 1 aliphatic heterocycles. The molecular formula is C14H22ClNO2S2. The highest BCUT2D eigenvalue weighted by atomic mass is 35.5. The molecule has 1 saturated heterocycles. The van der Waals surface area contributed by atoms with E-state index in [1.165, 1.54) is 11.3 Å². The molecule has 114 valence electrons. The monoisotopic (exact) mass is 335 g/mol. The molecule has 0 spiro atoms. The molecule has 1 unspecified atom stereocenters. The van der Waals surface area contributed by atoms with Crippen molar-refractivity contribution in [1.82, 2.24) is 4.31 Å². The van der Waals surface area contributed by atoms with Crippen molar-refractivity contribution in [3.05, 3.63) is 15.8 Å². The summed E-state index contributed by atoms with van der Waals surface area (Å²) in [6, 6.07) is 0.130. The van der Waals surface area contributed by atoms with Crippen molar-refractivity contribution in [2.24, 2.45) is 0 Å². The van der Waals surface area contributed by atoms with Crippen molar-refractivity contribution in [1.29, 1.82) is 0 Å². The largest absolute Gasteiger partial charge is 0.244 e. The zero-order valence-electron chi connectivity index (χ0n) is 12.1. The summed E-state index contributed by atoms with van der Waals surface area (Å²) in [6.45, 7) is 4.57. The minimum Gasteiger partial charge on any atom is -0.207 e. The van der Waals surface area contributed by atoms with Gasteiger partial charge in [0.15, 0.2) is 0 Å². The smallest absolute Gasteiger partial charge is 0.207 e. The Morgan fingerprint density at radius 2 is 2.15 bits per heavy atom. The van der Waals surface area contributed by atoms with Gasteiger partial charge in [-0.25, -0.2) is 8.42 Å². The van der Waals surface area contributed by atoms with Crippen molar-refractivity contribution in [3.8, 4) is 0 Å². The van der Waals surface area contributed by atoms with Gasteiger partial charge in [0.2, 0.25) is 10.0 Å². The molecule has 0 radical (unpaired) electrons. The van der Waals surface area contributed by atoms with Crippen LogP contribution in [0.5, 0.6) is 0 Å². The average molecular weight is 336 g/mol. The number of halogens is 1. The second-order valence-corrected chi connectivity index (χ2v) is 8.39. The number of sulfonamides is 1. The third kappa shape index (κ3) is 3.06. The topological polar surface area (TPSA) is 37.4 Å². The van der Waals surface area contributed by atoms with Gasteiger partial charge in [-0.1, -0.05) is 19.8 Å². The maximum atomic E-state index is 13.0. The molecule has 0 aromatic carbocycles. The molecule has 0 saturated carbocycles. The van der Waals surface area contributed by atoms with Gasteiger partial charge in [-0.3, -0.25) is 0 Å². The summed E-state index contributed by atoms with van der Waals surface area (Å²) in [5.74, 6) is 0.262. The Kier molecular flexibility index (Phi) is 5.51. The predicted octanol–water partition coefficient (Wildman–Crippen LogP) is 4.14. The maximum absolute atomic E-state index is 13.0. The highest BCUT2D eigenvalue weighted by Gasteiger charge is 2.34. The second-order valence-electron chi connectivity index (χ2n) is 5.33. The first kappa shape index (κ1) is 16.3. The van der Waals surface area contributed by atoms with Crippen LogP contribution in [0.2, 0.25) is 0 Å². The number of aryl methyl sites for hydroxylation is 1. The fourth-order valence-corrected chi connectivity index (χ4v) is 6.70. The van der Waals surface area contributed by atoms with E-state index in [-0.39, 0.29) is 11.9 Å². The number of hydrogen-bond donors (Lipinski definition) is 0. The van der Waals surface area contributed by atoms with Gasteiger partial charge < -0.3 is 0 Å². The Bertz CT molecular complexity index is 554. The highest BCUT2D eigenvalue weighted by Crippen LogP contribution is 2.33. The first-order valence-corrected chi connectivity index (χ1v) is 10.0. The summed E-state index contributed by atoms with van der Waals surface area (Å²) < 4.78 is 27.8. The van der Waals surface area contributed by atoms with Crippen molar-refractivity contribution >= 4 is 33.0 Å². The van der Waals surface area contributed by atoms with E-state index in [1.54, 1.807) is 4.31 Å². The molecular weight excluding hydrogens is 314 g/mol. The van der Waals surface area contributed by atoms with E-state index in [2.05, 4.69) is 6.92 Å². The predicted molar refractivity (Wildman–Crippen MR) is 85.1 cm³/mol. The van der Waals surface area contributed by atoms with Crippen LogP contribution < -0.4 is 0 Å². The number of alkyl halides is 1. The minimum absolute atomic E-state index is 0.130. The summed E-state index contributed by atoms with van der Waals surface area (Å²) in [5.41, 5.74) is 0.824. The summed E-state index contributed by atoms with van der Waals surface area (Å²) in [4.78, 5) is 1.22. The van der Waals surface area contributed by atoms with Crippen molar-refractivity contribution in [2.45, 2.75) is 62.8 Å². The van der Waals surface area contributed by atoms with Crippen LogP contribution in [0.1, 0.15) is 49.5 Å². The Labute approximate surface area is 131 Å². The quantitative estimate of drug-likeness (QED) is 0.775. The number of rotatable bonds is 4. The van der Waals surface area contributed by atoms with Crippen LogP contribution in [0.25, 0.3) is 0 Å². The van der Waals surface area contributed by atoms with Crippen LogP contribution in [0.4, 0.5) is 0 Å². The normalized spacial score (nSPS) is 21.9. The molecule has 0 aliphatic carbocycles. The standard InChI is InChI=1S/C14H22ClNO2S2/c1-3-12-7-5-4-6-8-16(12)20(17,18)14-11(2)10-19-13(14)9-15/h10,12H,3-9H2,1-2H3. The van der Waals surface area contributed by atoms with Crippen LogP contribution in [0.3, 0.4) is 0 Å². The van der Waals surface area contributed by atoms with Crippen molar-refractivity contribution < 1.29 is 8.42 Å². The highest BCUT2D eigenvalue weighted by molar-refractivity contribution is 7.89. The SMILES string of the molecule is CCC1CCCCCN1S(=O)(=O)c1c(C)csc1CCl. The lowest BCUT2D eigenvalue weighted by atomic mass is 10.1. The van der Waals surface area contributed by atoms with Gasteiger partial charge in [-0.2, -0.15) is 4.31 Å². The molecule has 2 heterocycles. The van der Waals surface area contributed by atoms with E-state index >= 15 is 0 Å². The van der Waals surface area contributed by atoms with E-state index in [0.717, 1.165) is 42.5 Å². The van der Waals surface area contributed by atoms with E-state index in [1.807, 2.05) is 12.3 Å². The molecule has 0 bridgehead atoms. The Hall–Kier alpha value is -0.100. The molecule has 1 aromatic rings. The van der Waals surface area contributed by atoms with E-state index in [9.17, 15) is 8.42 Å². The average Bonchev–Trinajstić information content (AvgIpc) is 2.65. The molecule has 0 N–H and O–H groups in total. The zero-order chi connectivity index (χ0) is 14.8. The van der Waals surface area contributed by atoms with Crippen LogP contribution in [-0.4, -0.2) is 25.3 Å². The lowest BCUT2D eigenvalue weighted by Gasteiger charge is -2.28. The molecule has 20 heavy (non-hydrogen) atoms. The van der Waals surface area contributed by atoms with Gasteiger partial charge in [0, 0.05) is 17.5 Å². The summed E-state index contributed by atoms with van der Waals surface area (Å²) in [7, 11) is -3.42. The van der Waals surface area contributed by atoms with Crippen LogP contribution in [-0.2, 0) is 15.9 Å². The van der Waals surface area contributed by atoms with Gasteiger partial charge in [0.05, 0.1) is 5.88 Å². The molecule has 3 nitrogen and oxygen atoms in total. The van der Waals surface area contributed by atoms with Crippen LogP contribution in [0.15, 0.2) is 10.3 Å².